The van der Waals surface area contributed by atoms with Crippen molar-refractivity contribution in [1.82, 2.24) is 19.5 Å². The highest BCUT2D eigenvalue weighted by Crippen LogP contribution is 2.33. The van der Waals surface area contributed by atoms with Gasteiger partial charge in [0.2, 0.25) is 0 Å². The third-order valence-electron chi connectivity index (χ3n) is 3.25. The molecule has 0 aromatic carbocycles. The molecule has 1 aliphatic rings. The van der Waals surface area contributed by atoms with E-state index in [2.05, 4.69) is 20.3 Å². The average molecular weight is 259 g/mol. The summed E-state index contributed by atoms with van der Waals surface area (Å²) < 4.78 is 1.78. The number of imidazole rings is 1. The molecule has 2 N–H and O–H groups in total. The van der Waals surface area contributed by atoms with Gasteiger partial charge in [-0.15, -0.1) is 0 Å². The quantitative estimate of drug-likeness (QED) is 0.768. The zero-order chi connectivity index (χ0) is 13.1. The Labute approximate surface area is 110 Å². The maximum absolute atomic E-state index is 12.1. The first kappa shape index (κ1) is 12.0. The smallest absolute Gasteiger partial charge is 0.293 e. The van der Waals surface area contributed by atoms with Crippen molar-refractivity contribution in [2.45, 2.75) is 31.7 Å². The van der Waals surface area contributed by atoms with E-state index in [0.717, 1.165) is 38.1 Å². The molecule has 3 rings (SSSR count). The first-order valence-corrected chi connectivity index (χ1v) is 6.64. The van der Waals surface area contributed by atoms with Crippen molar-refractivity contribution < 1.29 is 0 Å². The predicted octanol–water partition coefficient (Wildman–Crippen LogP) is 1.35. The van der Waals surface area contributed by atoms with Gasteiger partial charge in [0, 0.05) is 43.8 Å². The fourth-order valence-corrected chi connectivity index (χ4v) is 2.08. The number of H-pyrrole nitrogens is 1. The van der Waals surface area contributed by atoms with E-state index in [1.165, 1.54) is 0 Å². The third kappa shape index (κ3) is 2.83. The summed E-state index contributed by atoms with van der Waals surface area (Å²) in [6, 6.07) is 0.388. The van der Waals surface area contributed by atoms with Gasteiger partial charge in [0.05, 0.1) is 0 Å². The highest BCUT2D eigenvalue weighted by molar-refractivity contribution is 5.31. The maximum atomic E-state index is 12.1. The van der Waals surface area contributed by atoms with E-state index in [1.807, 2.05) is 6.20 Å². The minimum Gasteiger partial charge on any atom is -0.365 e. The maximum Gasteiger partial charge on any atom is 0.293 e. The molecule has 2 heterocycles. The molecule has 2 aromatic rings. The van der Waals surface area contributed by atoms with Crippen LogP contribution in [0.2, 0.25) is 0 Å². The highest BCUT2D eigenvalue weighted by Gasteiger charge is 2.25. The van der Waals surface area contributed by atoms with E-state index >= 15 is 0 Å². The number of rotatable bonds is 6. The molecule has 100 valence electrons. The van der Waals surface area contributed by atoms with Gasteiger partial charge >= 0.3 is 0 Å². The molecular weight excluding hydrogens is 242 g/mol. The number of nitrogens with zero attached hydrogens (tertiary/aromatic N) is 3. The lowest BCUT2D eigenvalue weighted by atomic mass is 10.3. The van der Waals surface area contributed by atoms with Crippen molar-refractivity contribution in [3.05, 3.63) is 41.0 Å². The van der Waals surface area contributed by atoms with Crippen LogP contribution >= 0.6 is 0 Å². The molecule has 0 aliphatic heterocycles. The van der Waals surface area contributed by atoms with Crippen molar-refractivity contribution in [2.24, 2.45) is 0 Å². The lowest BCUT2D eigenvalue weighted by molar-refractivity contribution is 0.698. The molecule has 0 amide bonds. The first-order chi connectivity index (χ1) is 9.34. The Morgan fingerprint density at radius 2 is 2.26 bits per heavy atom. The Balaban J connectivity index is 1.55. The summed E-state index contributed by atoms with van der Waals surface area (Å²) >= 11 is 0. The van der Waals surface area contributed by atoms with Gasteiger partial charge in [-0.25, -0.2) is 9.97 Å². The number of aromatic nitrogens is 4. The van der Waals surface area contributed by atoms with Crippen LogP contribution in [0.15, 0.2) is 29.6 Å². The van der Waals surface area contributed by atoms with E-state index in [4.69, 9.17) is 0 Å². The van der Waals surface area contributed by atoms with Crippen LogP contribution in [0.3, 0.4) is 0 Å². The lowest BCUT2D eigenvalue weighted by Crippen LogP contribution is -2.24. The Morgan fingerprint density at radius 3 is 3.00 bits per heavy atom. The second-order valence-electron chi connectivity index (χ2n) is 4.79. The average Bonchev–Trinajstić information content (AvgIpc) is 3.13. The molecule has 0 saturated heterocycles. The number of anilines is 1. The van der Waals surface area contributed by atoms with E-state index in [-0.39, 0.29) is 5.56 Å². The molecule has 0 radical (unpaired) electrons. The molecule has 1 aliphatic carbocycles. The van der Waals surface area contributed by atoms with Crippen LogP contribution < -0.4 is 10.9 Å². The van der Waals surface area contributed by atoms with Crippen molar-refractivity contribution in [1.29, 1.82) is 0 Å². The van der Waals surface area contributed by atoms with Gasteiger partial charge in [-0.05, 0) is 19.3 Å². The van der Waals surface area contributed by atoms with E-state index in [0.29, 0.717) is 11.9 Å². The largest absolute Gasteiger partial charge is 0.365 e. The van der Waals surface area contributed by atoms with Gasteiger partial charge in [-0.1, -0.05) is 0 Å². The second-order valence-corrected chi connectivity index (χ2v) is 4.79. The van der Waals surface area contributed by atoms with Gasteiger partial charge in [-0.3, -0.25) is 4.79 Å². The van der Waals surface area contributed by atoms with Crippen LogP contribution in [-0.4, -0.2) is 26.1 Å². The zero-order valence-electron chi connectivity index (χ0n) is 10.7. The summed E-state index contributed by atoms with van der Waals surface area (Å²) in [7, 11) is 0. The Kier molecular flexibility index (Phi) is 3.31. The molecule has 0 atom stereocenters. The van der Waals surface area contributed by atoms with Crippen molar-refractivity contribution in [3.63, 3.8) is 0 Å². The van der Waals surface area contributed by atoms with Gasteiger partial charge < -0.3 is 14.9 Å². The minimum absolute atomic E-state index is 0.0111. The van der Waals surface area contributed by atoms with Gasteiger partial charge in [0.25, 0.3) is 5.56 Å². The van der Waals surface area contributed by atoms with Gasteiger partial charge in [0.15, 0.2) is 5.82 Å². The molecule has 0 spiro atoms. The van der Waals surface area contributed by atoms with Crippen LogP contribution in [0.4, 0.5) is 5.82 Å². The normalized spacial score (nSPS) is 14.5. The van der Waals surface area contributed by atoms with Gasteiger partial charge in [0.1, 0.15) is 5.82 Å². The fourth-order valence-electron chi connectivity index (χ4n) is 2.08. The molecular formula is C13H17N5O. The highest BCUT2D eigenvalue weighted by atomic mass is 16.1. The van der Waals surface area contributed by atoms with E-state index < -0.39 is 0 Å². The molecule has 6 nitrogen and oxygen atoms in total. The third-order valence-corrected chi connectivity index (χ3v) is 3.25. The zero-order valence-corrected chi connectivity index (χ0v) is 10.7. The molecule has 1 fully saturated rings. The molecule has 2 aromatic heterocycles. The molecule has 0 bridgehead atoms. The van der Waals surface area contributed by atoms with E-state index in [1.54, 1.807) is 23.2 Å². The number of hydrogen-bond acceptors (Lipinski definition) is 4. The summed E-state index contributed by atoms with van der Waals surface area (Å²) in [5, 5.41) is 3.11. The first-order valence-electron chi connectivity index (χ1n) is 6.64. The van der Waals surface area contributed by atoms with Crippen molar-refractivity contribution in [3.8, 4) is 0 Å². The van der Waals surface area contributed by atoms with Gasteiger partial charge in [-0.2, -0.15) is 0 Å². The molecule has 0 unspecified atom stereocenters. The van der Waals surface area contributed by atoms with Crippen LogP contribution in [0.1, 0.15) is 31.1 Å². The summed E-state index contributed by atoms with van der Waals surface area (Å²) in [5.41, 5.74) is -0.0111. The van der Waals surface area contributed by atoms with Crippen LogP contribution in [0.5, 0.6) is 0 Å². The summed E-state index contributed by atoms with van der Waals surface area (Å²) in [4.78, 5) is 23.4. The van der Waals surface area contributed by atoms with Crippen LogP contribution in [-0.2, 0) is 6.42 Å². The Bertz CT molecular complexity index is 585. The molecule has 1 saturated carbocycles. The lowest BCUT2D eigenvalue weighted by Gasteiger charge is -2.07. The summed E-state index contributed by atoms with van der Waals surface area (Å²) in [5.74, 6) is 1.42. The van der Waals surface area contributed by atoms with Crippen LogP contribution in [0, 0.1) is 0 Å². The molecule has 19 heavy (non-hydrogen) atoms. The topological polar surface area (TPSA) is 75.6 Å². The summed E-state index contributed by atoms with van der Waals surface area (Å²) in [6.07, 6.45) is 11.0. The van der Waals surface area contributed by atoms with Crippen LogP contribution in [0.25, 0.3) is 0 Å². The Hall–Kier alpha value is -2.11. The fraction of sp³-hybridized carbons (Fsp3) is 0.462. The van der Waals surface area contributed by atoms with Crippen molar-refractivity contribution >= 4 is 5.82 Å². The second kappa shape index (κ2) is 5.26. The predicted molar refractivity (Wildman–Crippen MR) is 72.2 cm³/mol. The number of aryl methyl sites for hydroxylation is 1. The number of aromatic amines is 1. The number of hydrogen-bond donors (Lipinski definition) is 2. The van der Waals surface area contributed by atoms with E-state index in [9.17, 15) is 4.79 Å². The summed E-state index contributed by atoms with van der Waals surface area (Å²) in [6.45, 7) is 0.720. The monoisotopic (exact) mass is 259 g/mol. The van der Waals surface area contributed by atoms with Crippen molar-refractivity contribution in [2.75, 3.05) is 11.9 Å². The SMILES string of the molecule is O=c1c(NCCCc2ncc[nH]2)nccn1C1CC1. The molecule has 6 heteroatoms. The Morgan fingerprint density at radius 1 is 1.37 bits per heavy atom. The standard InChI is InChI=1S/C13H17N5O/c19-13-12(17-8-9-18(13)10-3-4-10)16-5-1-2-11-14-6-7-15-11/h6-10H,1-5H2,(H,14,15)(H,16,17). The number of nitrogens with one attached hydrogen (secondary N) is 2. The minimum atomic E-state index is -0.0111.